The third-order valence-corrected chi connectivity index (χ3v) is 4.19. The summed E-state index contributed by atoms with van der Waals surface area (Å²) < 4.78 is 0.967. The van der Waals surface area contributed by atoms with Crippen molar-refractivity contribution in [2.24, 2.45) is 0 Å². The molecule has 0 fully saturated rings. The first-order valence-electron chi connectivity index (χ1n) is 5.95. The maximum atomic E-state index is 5.46. The van der Waals surface area contributed by atoms with Crippen LogP contribution < -0.4 is 5.32 Å². The molecule has 1 N–H and O–H groups in total. The molecule has 3 nitrogen and oxygen atoms in total. The summed E-state index contributed by atoms with van der Waals surface area (Å²) in [5.74, 6) is 0.808. The molecule has 1 atom stereocenters. The minimum absolute atomic E-state index is 0.176. The van der Waals surface area contributed by atoms with E-state index in [0.717, 1.165) is 4.20 Å². The molecule has 0 saturated heterocycles. The van der Waals surface area contributed by atoms with Crippen LogP contribution in [0.3, 0.4) is 0 Å². The zero-order valence-electron chi connectivity index (χ0n) is 10.6. The Hall–Kier alpha value is -1.46. The highest BCUT2D eigenvalue weighted by molar-refractivity contribution is 8.22. The first-order valence-corrected chi connectivity index (χ1v) is 7.58. The van der Waals surface area contributed by atoms with Crippen LogP contribution in [0, 0.1) is 0 Å². The van der Waals surface area contributed by atoms with Gasteiger partial charge in [-0.2, -0.15) is 0 Å². The number of benzene rings is 1. The smallest absolute Gasteiger partial charge is 0.222 e. The Bertz CT molecular complexity index is 517. The SMILES string of the molecule is CSC(=S)[C@H](CNc1ncccn1)c1ccccc1. The number of rotatable bonds is 5. The third kappa shape index (κ3) is 4.01. The van der Waals surface area contributed by atoms with Crippen LogP contribution >= 0.6 is 24.0 Å². The van der Waals surface area contributed by atoms with Crippen LogP contribution in [0.5, 0.6) is 0 Å². The largest absolute Gasteiger partial charge is 0.353 e. The van der Waals surface area contributed by atoms with E-state index >= 15 is 0 Å². The highest BCUT2D eigenvalue weighted by atomic mass is 32.2. The Morgan fingerprint density at radius 2 is 1.89 bits per heavy atom. The number of thiocarbonyl (C=S) groups is 1. The van der Waals surface area contributed by atoms with Gasteiger partial charge < -0.3 is 5.32 Å². The molecule has 0 unspecified atom stereocenters. The molecule has 0 aliphatic carbocycles. The molecule has 2 rings (SSSR count). The van der Waals surface area contributed by atoms with Gasteiger partial charge in [0, 0.05) is 24.9 Å². The van der Waals surface area contributed by atoms with Gasteiger partial charge in [-0.15, -0.1) is 11.8 Å². The van der Waals surface area contributed by atoms with E-state index in [1.54, 1.807) is 30.2 Å². The second-order valence-electron chi connectivity index (χ2n) is 3.94. The van der Waals surface area contributed by atoms with E-state index in [1.165, 1.54) is 5.56 Å². The lowest BCUT2D eigenvalue weighted by atomic mass is 10.0. The molecule has 0 amide bonds. The predicted molar refractivity (Wildman–Crippen MR) is 85.8 cm³/mol. The molecule has 98 valence electrons. The first kappa shape index (κ1) is 14.0. The molecule has 0 radical (unpaired) electrons. The van der Waals surface area contributed by atoms with E-state index in [2.05, 4.69) is 27.4 Å². The van der Waals surface area contributed by atoms with Crippen molar-refractivity contribution in [3.8, 4) is 0 Å². The van der Waals surface area contributed by atoms with E-state index in [9.17, 15) is 0 Å². The van der Waals surface area contributed by atoms with Crippen molar-refractivity contribution in [3.05, 3.63) is 54.4 Å². The van der Waals surface area contributed by atoms with Crippen molar-refractivity contribution in [2.75, 3.05) is 18.1 Å². The van der Waals surface area contributed by atoms with Gasteiger partial charge in [-0.05, 0) is 17.9 Å². The molecule has 1 aromatic heterocycles. The first-order chi connectivity index (χ1) is 9.31. The zero-order valence-corrected chi connectivity index (χ0v) is 12.2. The lowest BCUT2D eigenvalue weighted by molar-refractivity contribution is 0.931. The van der Waals surface area contributed by atoms with Crippen LogP contribution in [0.2, 0.25) is 0 Å². The Labute approximate surface area is 122 Å². The van der Waals surface area contributed by atoms with Gasteiger partial charge in [-0.1, -0.05) is 42.5 Å². The van der Waals surface area contributed by atoms with Gasteiger partial charge in [0.2, 0.25) is 5.95 Å². The van der Waals surface area contributed by atoms with Crippen LogP contribution in [-0.4, -0.2) is 27.0 Å². The average Bonchev–Trinajstić information content (AvgIpc) is 2.49. The fourth-order valence-electron chi connectivity index (χ4n) is 1.75. The fraction of sp³-hybridized carbons (Fsp3) is 0.214. The fourth-order valence-corrected chi connectivity index (χ4v) is 2.47. The van der Waals surface area contributed by atoms with Crippen LogP contribution in [0.25, 0.3) is 0 Å². The Morgan fingerprint density at radius 3 is 2.53 bits per heavy atom. The predicted octanol–water partition coefficient (Wildman–Crippen LogP) is 3.36. The number of anilines is 1. The van der Waals surface area contributed by atoms with Crippen molar-refractivity contribution >= 4 is 34.1 Å². The van der Waals surface area contributed by atoms with Crippen LogP contribution in [0.1, 0.15) is 11.5 Å². The van der Waals surface area contributed by atoms with Gasteiger partial charge in [-0.25, -0.2) is 9.97 Å². The van der Waals surface area contributed by atoms with Crippen molar-refractivity contribution in [3.63, 3.8) is 0 Å². The van der Waals surface area contributed by atoms with E-state index in [-0.39, 0.29) is 5.92 Å². The highest BCUT2D eigenvalue weighted by Crippen LogP contribution is 2.23. The number of aromatic nitrogens is 2. The summed E-state index contributed by atoms with van der Waals surface area (Å²) in [7, 11) is 0. The van der Waals surface area contributed by atoms with Crippen LogP contribution in [0.15, 0.2) is 48.8 Å². The highest BCUT2D eigenvalue weighted by Gasteiger charge is 2.16. The molecule has 2 aromatic rings. The monoisotopic (exact) mass is 289 g/mol. The number of nitrogens with zero attached hydrogens (tertiary/aromatic N) is 2. The van der Waals surface area contributed by atoms with E-state index < -0.39 is 0 Å². The molecule has 0 bridgehead atoms. The Balaban J connectivity index is 2.09. The van der Waals surface area contributed by atoms with E-state index in [4.69, 9.17) is 12.2 Å². The number of hydrogen-bond donors (Lipinski definition) is 1. The van der Waals surface area contributed by atoms with Gasteiger partial charge in [0.1, 0.15) is 0 Å². The molecule has 0 saturated carbocycles. The molecular weight excluding hydrogens is 274 g/mol. The van der Waals surface area contributed by atoms with Crippen LogP contribution in [0.4, 0.5) is 5.95 Å². The lowest BCUT2D eigenvalue weighted by Crippen LogP contribution is -2.19. The molecular formula is C14H15N3S2. The summed E-state index contributed by atoms with van der Waals surface area (Å²) in [6.45, 7) is 0.702. The normalized spacial score (nSPS) is 11.8. The summed E-state index contributed by atoms with van der Waals surface area (Å²) in [4.78, 5) is 8.31. The minimum atomic E-state index is 0.176. The quantitative estimate of drug-likeness (QED) is 0.854. The standard InChI is InChI=1S/C14H15N3S2/c1-19-13(18)12(11-6-3-2-4-7-11)10-17-14-15-8-5-9-16-14/h2-9,12H,10H2,1H3,(H,15,16,17)/t12-/m1/s1. The van der Waals surface area contributed by atoms with Gasteiger partial charge in [-0.3, -0.25) is 0 Å². The third-order valence-electron chi connectivity index (χ3n) is 2.72. The molecule has 19 heavy (non-hydrogen) atoms. The number of hydrogen-bond acceptors (Lipinski definition) is 5. The molecule has 0 aliphatic heterocycles. The Kier molecular flexibility index (Phi) is 5.30. The summed E-state index contributed by atoms with van der Waals surface area (Å²) in [5.41, 5.74) is 1.21. The second kappa shape index (κ2) is 7.21. The van der Waals surface area contributed by atoms with E-state index in [1.807, 2.05) is 24.5 Å². The molecule has 0 aliphatic rings. The molecule has 1 heterocycles. The maximum Gasteiger partial charge on any atom is 0.222 e. The van der Waals surface area contributed by atoms with Crippen LogP contribution in [-0.2, 0) is 0 Å². The number of thioether (sulfide) groups is 1. The van der Waals surface area contributed by atoms with E-state index in [0.29, 0.717) is 12.5 Å². The molecule has 1 aromatic carbocycles. The summed E-state index contributed by atoms with van der Waals surface area (Å²) >= 11 is 7.07. The second-order valence-corrected chi connectivity index (χ2v) is 5.49. The summed E-state index contributed by atoms with van der Waals surface area (Å²) in [5, 5.41) is 3.24. The van der Waals surface area contributed by atoms with Gasteiger partial charge >= 0.3 is 0 Å². The van der Waals surface area contributed by atoms with Gasteiger partial charge in [0.25, 0.3) is 0 Å². The molecule has 5 heteroatoms. The van der Waals surface area contributed by atoms with Crippen molar-refractivity contribution in [1.29, 1.82) is 0 Å². The van der Waals surface area contributed by atoms with Crippen molar-refractivity contribution in [1.82, 2.24) is 9.97 Å². The van der Waals surface area contributed by atoms with Crippen molar-refractivity contribution < 1.29 is 0 Å². The lowest BCUT2D eigenvalue weighted by Gasteiger charge is -2.17. The zero-order chi connectivity index (χ0) is 13.5. The Morgan fingerprint density at radius 1 is 1.21 bits per heavy atom. The summed E-state index contributed by atoms with van der Waals surface area (Å²) in [6.07, 6.45) is 5.46. The van der Waals surface area contributed by atoms with Gasteiger partial charge in [0.15, 0.2) is 0 Å². The summed E-state index contributed by atoms with van der Waals surface area (Å²) in [6, 6.07) is 12.1. The average molecular weight is 289 g/mol. The number of nitrogens with one attached hydrogen (secondary N) is 1. The van der Waals surface area contributed by atoms with Gasteiger partial charge in [0.05, 0.1) is 4.20 Å². The van der Waals surface area contributed by atoms with Crippen molar-refractivity contribution in [2.45, 2.75) is 5.92 Å². The minimum Gasteiger partial charge on any atom is -0.353 e. The maximum absolute atomic E-state index is 5.46. The molecule has 0 spiro atoms. The topological polar surface area (TPSA) is 37.8 Å².